The van der Waals surface area contributed by atoms with Crippen LogP contribution in [0.15, 0.2) is 27.0 Å². The number of hydrogen-bond acceptors (Lipinski definition) is 8. The Hall–Kier alpha value is -4.10. The molecule has 0 aliphatic rings. The molecule has 4 aromatic heterocycles. The molecule has 4 heterocycles. The minimum atomic E-state index is -0.741. The molecule has 4 aromatic rings. The molecule has 14 nitrogen and oxygen atoms in total. The number of hydrogen-bond donors (Lipinski definition) is 1. The number of rotatable bonds is 1. The van der Waals surface area contributed by atoms with Gasteiger partial charge in [0.25, 0.3) is 11.5 Å². The topological polar surface area (TPSA) is 170 Å². The van der Waals surface area contributed by atoms with Crippen LogP contribution in [0.2, 0.25) is 0 Å². The number of carbonyl (C=O) groups excluding carboxylic acids is 1. The Balaban J connectivity index is 0.000000161. The standard InChI is InChI=1S/C8H10N4O2.C6H6N6O2/c1-10-4-9-6-5(10)7(13)12(3)8(14)11(6)2;1-11-6(14)12-2-8-3(4(7)13)5(12)9-10-11/h4H,1-3H3;2H,1H3,(H2,7,13). The maximum Gasteiger partial charge on any atom is 0.352 e. The number of nitrogens with two attached hydrogens (primary N) is 1. The SMILES string of the molecule is Cn1c(=O)c2c(ncn2C)n(C)c1=O.Cn1nnc2c(C(N)=O)ncn2c1=O. The Morgan fingerprint density at radius 3 is 2.25 bits per heavy atom. The van der Waals surface area contributed by atoms with E-state index in [1.54, 1.807) is 18.7 Å². The zero-order valence-corrected chi connectivity index (χ0v) is 15.4. The van der Waals surface area contributed by atoms with Crippen molar-refractivity contribution >= 4 is 22.7 Å². The van der Waals surface area contributed by atoms with Crippen LogP contribution in [0.4, 0.5) is 0 Å². The molecule has 0 aliphatic heterocycles. The molecule has 0 saturated heterocycles. The monoisotopic (exact) mass is 388 g/mol. The van der Waals surface area contributed by atoms with Gasteiger partial charge in [0.1, 0.15) is 6.33 Å². The van der Waals surface area contributed by atoms with Crippen LogP contribution >= 0.6 is 0 Å². The van der Waals surface area contributed by atoms with Crippen LogP contribution in [0.25, 0.3) is 16.8 Å². The van der Waals surface area contributed by atoms with Crippen LogP contribution in [0.5, 0.6) is 0 Å². The Bertz CT molecular complexity index is 1400. The highest BCUT2D eigenvalue weighted by atomic mass is 16.2. The number of imidazole rings is 2. The molecule has 0 aliphatic carbocycles. The lowest BCUT2D eigenvalue weighted by Crippen LogP contribution is -2.37. The van der Waals surface area contributed by atoms with Crippen molar-refractivity contribution in [2.75, 3.05) is 0 Å². The van der Waals surface area contributed by atoms with Crippen molar-refractivity contribution in [2.24, 2.45) is 33.9 Å². The Morgan fingerprint density at radius 2 is 1.61 bits per heavy atom. The second kappa shape index (κ2) is 6.57. The zero-order valence-electron chi connectivity index (χ0n) is 15.4. The van der Waals surface area contributed by atoms with Gasteiger partial charge in [-0.15, -0.1) is 5.10 Å². The Kier molecular flexibility index (Phi) is 4.38. The predicted octanol–water partition coefficient (Wildman–Crippen LogP) is -3.11. The normalized spacial score (nSPS) is 10.9. The summed E-state index contributed by atoms with van der Waals surface area (Å²) in [6.45, 7) is 0. The molecule has 14 heteroatoms. The molecule has 0 atom stereocenters. The van der Waals surface area contributed by atoms with E-state index in [2.05, 4.69) is 20.3 Å². The average Bonchev–Trinajstić information content (AvgIpc) is 3.26. The quantitative estimate of drug-likeness (QED) is 0.357. The van der Waals surface area contributed by atoms with Crippen molar-refractivity contribution < 1.29 is 4.79 Å². The lowest BCUT2D eigenvalue weighted by molar-refractivity contribution is 0.0997. The molecular weight excluding hydrogens is 372 g/mol. The lowest BCUT2D eigenvalue weighted by Gasteiger charge is -2.02. The number of aromatic nitrogens is 9. The van der Waals surface area contributed by atoms with Gasteiger partial charge in [0, 0.05) is 28.2 Å². The fourth-order valence-electron chi connectivity index (χ4n) is 2.53. The average molecular weight is 388 g/mol. The third-order valence-electron chi connectivity index (χ3n) is 4.05. The third-order valence-corrected chi connectivity index (χ3v) is 4.05. The van der Waals surface area contributed by atoms with Gasteiger partial charge in [-0.3, -0.25) is 18.7 Å². The minimum Gasteiger partial charge on any atom is -0.364 e. The molecule has 0 spiro atoms. The van der Waals surface area contributed by atoms with E-state index in [0.29, 0.717) is 11.2 Å². The van der Waals surface area contributed by atoms with E-state index in [1.165, 1.54) is 31.3 Å². The summed E-state index contributed by atoms with van der Waals surface area (Å²) in [6, 6.07) is 0. The molecule has 1 amide bonds. The van der Waals surface area contributed by atoms with Gasteiger partial charge in [0.05, 0.1) is 6.33 Å². The number of nitrogens with zero attached hydrogens (tertiary/aromatic N) is 9. The number of carbonyl (C=O) groups is 1. The van der Waals surface area contributed by atoms with E-state index in [9.17, 15) is 19.2 Å². The number of aryl methyl sites for hydroxylation is 3. The van der Waals surface area contributed by atoms with E-state index in [1.807, 2.05) is 0 Å². The van der Waals surface area contributed by atoms with E-state index in [-0.39, 0.29) is 22.6 Å². The smallest absolute Gasteiger partial charge is 0.352 e. The first-order valence-corrected chi connectivity index (χ1v) is 7.79. The first kappa shape index (κ1) is 18.7. The molecular formula is C14H16N10O4. The van der Waals surface area contributed by atoms with Crippen LogP contribution in [0.1, 0.15) is 10.5 Å². The van der Waals surface area contributed by atoms with Crippen LogP contribution < -0.4 is 22.7 Å². The van der Waals surface area contributed by atoms with Gasteiger partial charge in [-0.25, -0.2) is 24.0 Å². The van der Waals surface area contributed by atoms with Crippen LogP contribution in [-0.2, 0) is 28.2 Å². The molecule has 146 valence electrons. The van der Waals surface area contributed by atoms with Gasteiger partial charge in [-0.1, -0.05) is 5.21 Å². The second-order valence-corrected chi connectivity index (χ2v) is 5.88. The first-order valence-electron chi connectivity index (χ1n) is 7.79. The van der Waals surface area contributed by atoms with Crippen LogP contribution in [0.3, 0.4) is 0 Å². The predicted molar refractivity (Wildman–Crippen MR) is 95.7 cm³/mol. The molecule has 0 radical (unpaired) electrons. The third kappa shape index (κ3) is 2.76. The summed E-state index contributed by atoms with van der Waals surface area (Å²) in [5.74, 6) is -0.741. The number of primary amides is 1. The largest absolute Gasteiger partial charge is 0.364 e. The van der Waals surface area contributed by atoms with Crippen molar-refractivity contribution in [3.63, 3.8) is 0 Å². The minimum absolute atomic E-state index is 0.0600. The fourth-order valence-corrected chi connectivity index (χ4v) is 2.53. The Morgan fingerprint density at radius 1 is 0.929 bits per heavy atom. The summed E-state index contributed by atoms with van der Waals surface area (Å²) in [5.41, 5.74) is 4.78. The van der Waals surface area contributed by atoms with Crippen molar-refractivity contribution in [3.8, 4) is 0 Å². The van der Waals surface area contributed by atoms with E-state index < -0.39 is 11.6 Å². The summed E-state index contributed by atoms with van der Waals surface area (Å²) in [6.07, 6.45) is 2.71. The summed E-state index contributed by atoms with van der Waals surface area (Å²) >= 11 is 0. The molecule has 0 bridgehead atoms. The molecule has 2 N–H and O–H groups in total. The Labute approximate surface area is 155 Å². The second-order valence-electron chi connectivity index (χ2n) is 5.88. The fraction of sp³-hybridized carbons (Fsp3) is 0.286. The molecule has 0 fully saturated rings. The molecule has 4 rings (SSSR count). The van der Waals surface area contributed by atoms with Crippen LogP contribution in [-0.4, -0.2) is 49.0 Å². The van der Waals surface area contributed by atoms with Crippen molar-refractivity contribution in [1.82, 2.24) is 43.1 Å². The zero-order chi connectivity index (χ0) is 20.7. The number of fused-ring (bicyclic) bond motifs is 2. The lowest BCUT2D eigenvalue weighted by atomic mass is 10.4. The van der Waals surface area contributed by atoms with Gasteiger partial charge in [0.15, 0.2) is 22.5 Å². The van der Waals surface area contributed by atoms with Gasteiger partial charge in [-0.05, 0) is 0 Å². The maximum absolute atomic E-state index is 11.7. The maximum atomic E-state index is 11.7. The summed E-state index contributed by atoms with van der Waals surface area (Å²) in [7, 11) is 6.22. The molecule has 0 aromatic carbocycles. The van der Waals surface area contributed by atoms with Gasteiger partial charge in [-0.2, -0.15) is 4.68 Å². The van der Waals surface area contributed by atoms with E-state index in [4.69, 9.17) is 5.73 Å². The highest BCUT2D eigenvalue weighted by Crippen LogP contribution is 2.02. The van der Waals surface area contributed by atoms with Crippen molar-refractivity contribution in [2.45, 2.75) is 0 Å². The van der Waals surface area contributed by atoms with Gasteiger partial charge < -0.3 is 10.3 Å². The van der Waals surface area contributed by atoms with Gasteiger partial charge in [0.2, 0.25) is 0 Å². The first-order chi connectivity index (χ1) is 13.1. The van der Waals surface area contributed by atoms with E-state index >= 15 is 0 Å². The summed E-state index contributed by atoms with van der Waals surface area (Å²) in [4.78, 5) is 53.1. The van der Waals surface area contributed by atoms with E-state index in [0.717, 1.165) is 13.6 Å². The van der Waals surface area contributed by atoms with Crippen molar-refractivity contribution in [3.05, 3.63) is 49.7 Å². The van der Waals surface area contributed by atoms with Crippen LogP contribution in [0, 0.1) is 0 Å². The highest BCUT2D eigenvalue weighted by Gasteiger charge is 2.14. The van der Waals surface area contributed by atoms with Crippen molar-refractivity contribution in [1.29, 1.82) is 0 Å². The van der Waals surface area contributed by atoms with Gasteiger partial charge >= 0.3 is 11.4 Å². The molecule has 0 saturated carbocycles. The highest BCUT2D eigenvalue weighted by molar-refractivity contribution is 5.96. The molecule has 28 heavy (non-hydrogen) atoms. The summed E-state index contributed by atoms with van der Waals surface area (Å²) in [5, 5.41) is 7.14. The summed E-state index contributed by atoms with van der Waals surface area (Å²) < 4.78 is 6.17. The molecule has 0 unspecified atom stereocenters. The number of amides is 1.